The summed E-state index contributed by atoms with van der Waals surface area (Å²) in [5.41, 5.74) is 1.03. The van der Waals surface area contributed by atoms with Crippen molar-refractivity contribution in [2.24, 2.45) is 0 Å². The number of rotatable bonds is 7. The Balaban J connectivity index is 1.44. The lowest BCUT2D eigenvalue weighted by atomic mass is 10.2. The standard InChI is InChI=1S/C18H23N3O3/c1-14(21-10-3-9-20-21)18(22)19-12-15-5-7-16(8-6-15)24-13-17-4-2-11-23-17/h3,5-10,14,17H,2,4,11-13H2,1H3,(H,19,22)/t14-,17-/m1/s1. The summed E-state index contributed by atoms with van der Waals surface area (Å²) < 4.78 is 12.9. The molecule has 6 heteroatoms. The quantitative estimate of drug-likeness (QED) is 0.847. The Kier molecular flexibility index (Phi) is 5.48. The molecule has 1 aromatic heterocycles. The van der Waals surface area contributed by atoms with Crippen molar-refractivity contribution in [1.82, 2.24) is 15.1 Å². The molecule has 0 spiro atoms. The van der Waals surface area contributed by atoms with Gasteiger partial charge in [0.15, 0.2) is 0 Å². The van der Waals surface area contributed by atoms with Gasteiger partial charge in [-0.15, -0.1) is 0 Å². The van der Waals surface area contributed by atoms with E-state index in [1.165, 1.54) is 0 Å². The third kappa shape index (κ3) is 4.35. The van der Waals surface area contributed by atoms with Crippen LogP contribution in [0.25, 0.3) is 0 Å². The number of hydrogen-bond donors (Lipinski definition) is 1. The number of carbonyl (C=O) groups excluding carboxylic acids is 1. The van der Waals surface area contributed by atoms with Crippen LogP contribution in [0.4, 0.5) is 0 Å². The number of nitrogens with one attached hydrogen (secondary N) is 1. The highest BCUT2D eigenvalue weighted by Gasteiger charge is 2.16. The molecule has 1 amide bonds. The smallest absolute Gasteiger partial charge is 0.244 e. The summed E-state index contributed by atoms with van der Waals surface area (Å²) in [6.45, 7) is 3.74. The van der Waals surface area contributed by atoms with E-state index in [9.17, 15) is 4.79 Å². The summed E-state index contributed by atoms with van der Waals surface area (Å²) in [5.74, 6) is 0.767. The zero-order valence-corrected chi connectivity index (χ0v) is 13.9. The molecule has 0 bridgehead atoms. The molecule has 2 aromatic rings. The number of hydrogen-bond acceptors (Lipinski definition) is 4. The van der Waals surface area contributed by atoms with Crippen molar-refractivity contribution < 1.29 is 14.3 Å². The predicted octanol–water partition coefficient (Wildman–Crippen LogP) is 2.32. The van der Waals surface area contributed by atoms with Crippen molar-refractivity contribution in [2.75, 3.05) is 13.2 Å². The van der Waals surface area contributed by atoms with Crippen molar-refractivity contribution in [3.8, 4) is 5.75 Å². The Bertz CT molecular complexity index is 634. The Labute approximate surface area is 141 Å². The van der Waals surface area contributed by atoms with Crippen LogP contribution in [0.3, 0.4) is 0 Å². The Hall–Kier alpha value is -2.34. The molecule has 128 valence electrons. The summed E-state index contributed by atoms with van der Waals surface area (Å²) in [4.78, 5) is 12.1. The maximum Gasteiger partial charge on any atom is 0.244 e. The van der Waals surface area contributed by atoms with Gasteiger partial charge in [-0.3, -0.25) is 9.48 Å². The molecule has 1 saturated heterocycles. The van der Waals surface area contributed by atoms with Gasteiger partial charge in [-0.1, -0.05) is 12.1 Å². The van der Waals surface area contributed by atoms with Crippen LogP contribution >= 0.6 is 0 Å². The van der Waals surface area contributed by atoms with Crippen LogP contribution in [0, 0.1) is 0 Å². The fourth-order valence-electron chi connectivity index (χ4n) is 2.64. The van der Waals surface area contributed by atoms with Gasteiger partial charge in [0.2, 0.25) is 5.91 Å². The van der Waals surface area contributed by atoms with E-state index in [-0.39, 0.29) is 18.1 Å². The first-order chi connectivity index (χ1) is 11.7. The van der Waals surface area contributed by atoms with Crippen molar-refractivity contribution >= 4 is 5.91 Å². The summed E-state index contributed by atoms with van der Waals surface area (Å²) in [7, 11) is 0. The Morgan fingerprint density at radius 2 is 2.29 bits per heavy atom. The molecule has 0 radical (unpaired) electrons. The average Bonchev–Trinajstić information content (AvgIpc) is 3.31. The highest BCUT2D eigenvalue weighted by Crippen LogP contribution is 2.16. The molecular weight excluding hydrogens is 306 g/mol. The predicted molar refractivity (Wildman–Crippen MR) is 89.7 cm³/mol. The number of amides is 1. The monoisotopic (exact) mass is 329 g/mol. The Morgan fingerprint density at radius 1 is 1.46 bits per heavy atom. The minimum atomic E-state index is -0.325. The van der Waals surface area contributed by atoms with Gasteiger partial charge in [0, 0.05) is 25.5 Å². The summed E-state index contributed by atoms with van der Waals surface area (Å²) >= 11 is 0. The maximum atomic E-state index is 12.1. The molecule has 24 heavy (non-hydrogen) atoms. The van der Waals surface area contributed by atoms with E-state index in [0.717, 1.165) is 30.8 Å². The molecule has 2 heterocycles. The lowest BCUT2D eigenvalue weighted by molar-refractivity contribution is -0.124. The van der Waals surface area contributed by atoms with Crippen molar-refractivity contribution in [1.29, 1.82) is 0 Å². The zero-order valence-electron chi connectivity index (χ0n) is 13.9. The number of carbonyl (C=O) groups is 1. The first kappa shape index (κ1) is 16.5. The summed E-state index contributed by atoms with van der Waals surface area (Å²) in [6, 6.07) is 9.25. The van der Waals surface area contributed by atoms with Gasteiger partial charge >= 0.3 is 0 Å². The first-order valence-corrected chi connectivity index (χ1v) is 8.32. The SMILES string of the molecule is C[C@H](C(=O)NCc1ccc(OC[C@H]2CCCO2)cc1)n1cccn1. The van der Waals surface area contributed by atoms with E-state index in [0.29, 0.717) is 13.2 Å². The second-order valence-electron chi connectivity index (χ2n) is 5.97. The van der Waals surface area contributed by atoms with Gasteiger partial charge < -0.3 is 14.8 Å². The zero-order chi connectivity index (χ0) is 16.8. The van der Waals surface area contributed by atoms with E-state index in [2.05, 4.69) is 10.4 Å². The van der Waals surface area contributed by atoms with Gasteiger partial charge in [-0.05, 0) is 43.5 Å². The van der Waals surface area contributed by atoms with Gasteiger partial charge in [0.05, 0.1) is 6.10 Å². The van der Waals surface area contributed by atoms with Crippen LogP contribution in [0.5, 0.6) is 5.75 Å². The largest absolute Gasteiger partial charge is 0.491 e. The molecule has 2 atom stereocenters. The highest BCUT2D eigenvalue weighted by molar-refractivity contribution is 5.79. The number of ether oxygens (including phenoxy) is 2. The molecule has 3 rings (SSSR count). The molecule has 1 aliphatic rings. The highest BCUT2D eigenvalue weighted by atomic mass is 16.5. The Morgan fingerprint density at radius 3 is 2.96 bits per heavy atom. The maximum absolute atomic E-state index is 12.1. The van der Waals surface area contributed by atoms with Crippen LogP contribution in [-0.4, -0.2) is 35.0 Å². The molecule has 1 aliphatic heterocycles. The minimum absolute atomic E-state index is 0.0580. The lowest BCUT2D eigenvalue weighted by Gasteiger charge is -2.13. The topological polar surface area (TPSA) is 65.4 Å². The fourth-order valence-corrected chi connectivity index (χ4v) is 2.64. The second kappa shape index (κ2) is 7.97. The molecule has 1 fully saturated rings. The van der Waals surface area contributed by atoms with Gasteiger partial charge in [0.1, 0.15) is 18.4 Å². The lowest BCUT2D eigenvalue weighted by Crippen LogP contribution is -2.30. The van der Waals surface area contributed by atoms with Crippen LogP contribution in [0.15, 0.2) is 42.7 Å². The van der Waals surface area contributed by atoms with Crippen molar-refractivity contribution in [3.05, 3.63) is 48.3 Å². The summed E-state index contributed by atoms with van der Waals surface area (Å²) in [6.07, 6.45) is 5.85. The normalized spacial score (nSPS) is 18.3. The van der Waals surface area contributed by atoms with E-state index in [4.69, 9.17) is 9.47 Å². The second-order valence-corrected chi connectivity index (χ2v) is 5.97. The van der Waals surface area contributed by atoms with E-state index < -0.39 is 0 Å². The molecule has 1 aromatic carbocycles. The number of aromatic nitrogens is 2. The first-order valence-electron chi connectivity index (χ1n) is 8.32. The van der Waals surface area contributed by atoms with Gasteiger partial charge in [0.25, 0.3) is 0 Å². The molecule has 0 unspecified atom stereocenters. The van der Waals surface area contributed by atoms with Gasteiger partial charge in [-0.25, -0.2) is 0 Å². The third-order valence-electron chi connectivity index (χ3n) is 4.15. The van der Waals surface area contributed by atoms with E-state index in [1.807, 2.05) is 31.2 Å². The molecular formula is C18H23N3O3. The molecule has 0 aliphatic carbocycles. The number of nitrogens with zero attached hydrogens (tertiary/aromatic N) is 2. The van der Waals surface area contributed by atoms with E-state index >= 15 is 0 Å². The molecule has 0 saturated carbocycles. The van der Waals surface area contributed by atoms with Crippen molar-refractivity contribution in [3.63, 3.8) is 0 Å². The van der Waals surface area contributed by atoms with Crippen LogP contribution in [0.1, 0.15) is 31.4 Å². The summed E-state index contributed by atoms with van der Waals surface area (Å²) in [5, 5.41) is 7.01. The fraction of sp³-hybridized carbons (Fsp3) is 0.444. The van der Waals surface area contributed by atoms with Crippen LogP contribution < -0.4 is 10.1 Å². The third-order valence-corrected chi connectivity index (χ3v) is 4.15. The minimum Gasteiger partial charge on any atom is -0.491 e. The molecule has 1 N–H and O–H groups in total. The van der Waals surface area contributed by atoms with Gasteiger partial charge in [-0.2, -0.15) is 5.10 Å². The number of benzene rings is 1. The van der Waals surface area contributed by atoms with Crippen molar-refractivity contribution in [2.45, 2.75) is 38.5 Å². The molecule has 6 nitrogen and oxygen atoms in total. The average molecular weight is 329 g/mol. The van der Waals surface area contributed by atoms with E-state index in [1.54, 1.807) is 23.1 Å². The van der Waals surface area contributed by atoms with Crippen LogP contribution in [-0.2, 0) is 16.1 Å². The van der Waals surface area contributed by atoms with Crippen LogP contribution in [0.2, 0.25) is 0 Å².